The van der Waals surface area contributed by atoms with Crippen molar-refractivity contribution in [1.29, 1.82) is 0 Å². The number of rotatable bonds is 0. The van der Waals surface area contributed by atoms with Gasteiger partial charge in [-0.15, -0.1) is 10.2 Å². The van der Waals surface area contributed by atoms with Crippen LogP contribution in [0.15, 0.2) is 3.92 Å². The molecule has 6 heteroatoms. The van der Waals surface area contributed by atoms with E-state index in [1.54, 1.807) is 0 Å². The second-order valence-corrected chi connectivity index (χ2v) is 3.18. The Kier molecular flexibility index (Phi) is 2.88. The van der Waals surface area contributed by atoms with Gasteiger partial charge in [0.1, 0.15) is 0 Å². The summed E-state index contributed by atoms with van der Waals surface area (Å²) in [6.45, 7) is 0. The molecule has 0 aliphatic heterocycles. The van der Waals surface area contributed by atoms with E-state index in [0.717, 1.165) is 3.92 Å². The Morgan fingerprint density at radius 1 is 1.50 bits per heavy atom. The fourth-order valence-corrected chi connectivity index (χ4v) is 1.13. The highest BCUT2D eigenvalue weighted by Crippen LogP contribution is 2.16. The fraction of sp³-hybridized carbons (Fsp3) is 0. The maximum absolute atomic E-state index is 5.19. The van der Waals surface area contributed by atoms with Gasteiger partial charge in [0, 0.05) is 6.15 Å². The predicted molar refractivity (Wildman–Crippen MR) is 34.2 cm³/mol. The molecule has 0 amide bonds. The van der Waals surface area contributed by atoms with E-state index in [1.807, 2.05) is 0 Å². The molecule has 1 rings (SSSR count). The smallest absolute Gasteiger partial charge is 0.203 e. The lowest BCUT2D eigenvalue weighted by molar-refractivity contribution is 1.08. The van der Waals surface area contributed by atoms with Gasteiger partial charge in [0.15, 0.2) is 3.92 Å². The first-order chi connectivity index (χ1) is 3.29. The molecular formula is C2H2BrN4S. The molecule has 1 heterocycles. The molecule has 0 aliphatic rings. The van der Waals surface area contributed by atoms with Crippen molar-refractivity contribution in [2.45, 2.75) is 0 Å². The Balaban J connectivity index is 0.000000490. The molecule has 1 aromatic heterocycles. The molecule has 0 saturated heterocycles. The number of anilines is 1. The minimum Gasteiger partial charge on any atom is -0.374 e. The maximum atomic E-state index is 5.19. The zero-order valence-corrected chi connectivity index (χ0v) is 6.11. The summed E-state index contributed by atoms with van der Waals surface area (Å²) in [6.07, 6.45) is 0. The van der Waals surface area contributed by atoms with Gasteiger partial charge in [-0.3, -0.25) is 0 Å². The predicted octanol–water partition coefficient (Wildman–Crippen LogP) is 0.402. The van der Waals surface area contributed by atoms with E-state index in [9.17, 15) is 0 Å². The van der Waals surface area contributed by atoms with Gasteiger partial charge >= 0.3 is 0 Å². The summed E-state index contributed by atoms with van der Waals surface area (Å²) in [4.78, 5) is 0. The molecule has 0 spiro atoms. The Hall–Kier alpha value is -0.200. The third kappa shape index (κ3) is 1.73. The number of hydrogen-bond acceptors (Lipinski definition) is 4. The number of nitrogen functional groups attached to an aromatic ring is 1. The zero-order valence-electron chi connectivity index (χ0n) is 3.71. The minimum absolute atomic E-state index is 0. The molecule has 0 aromatic carbocycles. The first-order valence-corrected chi connectivity index (χ1v) is 3.14. The topological polar surface area (TPSA) is 82.3 Å². The molecule has 1 aromatic rings. The van der Waals surface area contributed by atoms with Crippen molar-refractivity contribution in [3.63, 3.8) is 0 Å². The van der Waals surface area contributed by atoms with Gasteiger partial charge in [-0.25, -0.2) is 0 Å². The summed E-state index contributed by atoms with van der Waals surface area (Å²) < 4.78 is 0.727. The van der Waals surface area contributed by atoms with Gasteiger partial charge in [-0.2, -0.15) is 0 Å². The van der Waals surface area contributed by atoms with Gasteiger partial charge in [0.25, 0.3) is 0 Å². The summed E-state index contributed by atoms with van der Waals surface area (Å²) in [5, 5.41) is 7.58. The molecule has 0 fully saturated rings. The quantitative estimate of drug-likeness (QED) is 0.648. The van der Waals surface area contributed by atoms with E-state index in [2.05, 4.69) is 26.1 Å². The summed E-state index contributed by atoms with van der Waals surface area (Å²) in [5.74, 6) is 0. The molecule has 3 radical (unpaired) electrons. The number of nitrogens with zero attached hydrogens (tertiary/aromatic N) is 3. The van der Waals surface area contributed by atoms with Gasteiger partial charge in [-0.1, -0.05) is 11.3 Å². The third-order valence-corrected chi connectivity index (χ3v) is 1.60. The van der Waals surface area contributed by atoms with Crippen molar-refractivity contribution in [3.05, 3.63) is 3.92 Å². The van der Waals surface area contributed by atoms with Crippen LogP contribution in [0.2, 0.25) is 0 Å². The molecule has 8 heavy (non-hydrogen) atoms. The Morgan fingerprint density at radius 3 is 2.25 bits per heavy atom. The summed E-state index contributed by atoms with van der Waals surface area (Å²) in [7, 11) is 0. The monoisotopic (exact) mass is 193 g/mol. The first-order valence-electron chi connectivity index (χ1n) is 1.53. The molecule has 0 saturated carbocycles. The number of nitrogens with two attached hydrogens (primary N) is 1. The fourth-order valence-electron chi connectivity index (χ4n) is 0.216. The van der Waals surface area contributed by atoms with Gasteiger partial charge in [0.05, 0.1) is 0 Å². The summed E-state index contributed by atoms with van der Waals surface area (Å²) in [6, 6.07) is 0. The zero-order chi connectivity index (χ0) is 5.28. The molecule has 4 nitrogen and oxygen atoms in total. The van der Waals surface area contributed by atoms with E-state index in [4.69, 9.17) is 5.73 Å². The van der Waals surface area contributed by atoms with E-state index >= 15 is 0 Å². The third-order valence-electron chi connectivity index (χ3n) is 0.416. The van der Waals surface area contributed by atoms with Crippen LogP contribution in [0, 0.1) is 0 Å². The lowest BCUT2D eigenvalue weighted by Gasteiger charge is -1.65. The van der Waals surface area contributed by atoms with Crippen LogP contribution in [0.25, 0.3) is 0 Å². The molecule has 2 N–H and O–H groups in total. The maximum Gasteiger partial charge on any atom is 0.203 e. The number of aromatic nitrogens is 2. The largest absolute Gasteiger partial charge is 0.374 e. The average Bonchev–Trinajstić information content (AvgIpc) is 1.87. The van der Waals surface area contributed by atoms with Crippen molar-refractivity contribution in [3.8, 4) is 0 Å². The van der Waals surface area contributed by atoms with Crippen molar-refractivity contribution in [1.82, 2.24) is 16.3 Å². The van der Waals surface area contributed by atoms with E-state index in [-0.39, 0.29) is 6.15 Å². The van der Waals surface area contributed by atoms with Crippen molar-refractivity contribution in [2.75, 3.05) is 5.73 Å². The second kappa shape index (κ2) is 2.95. The van der Waals surface area contributed by atoms with Crippen LogP contribution in [-0.2, 0) is 0 Å². The average molecular weight is 194 g/mol. The lowest BCUT2D eigenvalue weighted by Crippen LogP contribution is -1.79. The molecule has 0 atom stereocenters. The number of halogens is 1. The molecule has 0 aliphatic carbocycles. The van der Waals surface area contributed by atoms with Gasteiger partial charge in [-0.05, 0) is 15.9 Å². The Morgan fingerprint density at radius 2 is 2.12 bits per heavy atom. The normalized spacial score (nSPS) is 8.12. The van der Waals surface area contributed by atoms with Crippen LogP contribution in [0.4, 0.5) is 5.13 Å². The molecule has 0 unspecified atom stereocenters. The highest BCUT2D eigenvalue weighted by molar-refractivity contribution is 9.11. The van der Waals surface area contributed by atoms with Crippen LogP contribution < -0.4 is 11.9 Å². The molecule has 43 valence electrons. The van der Waals surface area contributed by atoms with E-state index in [0.29, 0.717) is 5.13 Å². The van der Waals surface area contributed by atoms with Crippen molar-refractivity contribution in [2.24, 2.45) is 0 Å². The minimum atomic E-state index is 0. The van der Waals surface area contributed by atoms with Crippen LogP contribution in [0.3, 0.4) is 0 Å². The van der Waals surface area contributed by atoms with Crippen molar-refractivity contribution >= 4 is 32.4 Å². The Bertz CT molecular complexity index is 146. The van der Waals surface area contributed by atoms with Crippen LogP contribution in [-0.4, -0.2) is 10.2 Å². The molecule has 0 bridgehead atoms. The highest BCUT2D eigenvalue weighted by atomic mass is 79.9. The van der Waals surface area contributed by atoms with Crippen molar-refractivity contribution < 1.29 is 0 Å². The van der Waals surface area contributed by atoms with Crippen LogP contribution in [0.5, 0.6) is 0 Å². The first kappa shape index (κ1) is 7.80. The Labute approximate surface area is 58.8 Å². The van der Waals surface area contributed by atoms with Crippen LogP contribution >= 0.6 is 27.3 Å². The lowest BCUT2D eigenvalue weighted by atomic mass is 11.3. The van der Waals surface area contributed by atoms with E-state index in [1.165, 1.54) is 11.3 Å². The molecular weight excluding hydrogens is 192 g/mol. The standard InChI is InChI=1S/C2H2BrN3S.N/c3-1-5-6-2(4)7-1;/h(H2,4,6);. The highest BCUT2D eigenvalue weighted by Gasteiger charge is 1.91. The van der Waals surface area contributed by atoms with E-state index < -0.39 is 0 Å². The summed E-state index contributed by atoms with van der Waals surface area (Å²) in [5.41, 5.74) is 5.19. The second-order valence-electron chi connectivity index (χ2n) is 0.893. The van der Waals surface area contributed by atoms with Crippen LogP contribution in [0.1, 0.15) is 0 Å². The summed E-state index contributed by atoms with van der Waals surface area (Å²) >= 11 is 4.41. The number of hydrogen-bond donors (Lipinski definition) is 1. The SMILES string of the molecule is Nc1nnc(Br)s1.[N]. The van der Waals surface area contributed by atoms with Gasteiger partial charge < -0.3 is 5.73 Å². The van der Waals surface area contributed by atoms with Gasteiger partial charge in [0.2, 0.25) is 5.13 Å².